The quantitative estimate of drug-likeness (QED) is 0.606. The highest BCUT2D eigenvalue weighted by molar-refractivity contribution is 6.31. The van der Waals surface area contributed by atoms with E-state index in [1.54, 1.807) is 7.11 Å². The number of hydrogen-bond acceptors (Lipinski definition) is 2. The number of methoxy groups -OCH3 is 1. The number of hydrogen-bond donors (Lipinski definition) is 0. The zero-order valence-electron chi connectivity index (χ0n) is 5.88. The molecule has 0 radical (unpaired) electrons. The Balaban J connectivity index is 2.37. The van der Waals surface area contributed by atoms with Gasteiger partial charge in [-0.2, -0.15) is 0 Å². The second kappa shape index (κ2) is 3.64. The fourth-order valence-electron chi connectivity index (χ4n) is 0.772. The van der Waals surface area contributed by atoms with E-state index >= 15 is 0 Å². The first-order valence-corrected chi connectivity index (χ1v) is 3.47. The summed E-state index contributed by atoms with van der Waals surface area (Å²) in [5, 5.41) is 0.798. The van der Waals surface area contributed by atoms with Crippen molar-refractivity contribution < 1.29 is 4.74 Å². The van der Waals surface area contributed by atoms with Crippen LogP contribution < -0.4 is 0 Å². The third-order valence-electron chi connectivity index (χ3n) is 1.26. The van der Waals surface area contributed by atoms with Gasteiger partial charge in [-0.3, -0.25) is 0 Å². The number of nitrogens with zero attached hydrogens (tertiary/aromatic N) is 1. The number of allylic oxidation sites excluding steroid dienone is 2. The molecule has 0 saturated carbocycles. The van der Waals surface area contributed by atoms with Gasteiger partial charge >= 0.3 is 0 Å². The van der Waals surface area contributed by atoms with Crippen LogP contribution in [-0.2, 0) is 4.74 Å². The molecule has 0 aliphatic carbocycles. The third kappa shape index (κ3) is 2.05. The molecular weight excluding hydrogens is 150 g/mol. The van der Waals surface area contributed by atoms with E-state index in [9.17, 15) is 0 Å². The second-order valence-corrected chi connectivity index (χ2v) is 2.53. The van der Waals surface area contributed by atoms with Crippen molar-refractivity contribution in [2.45, 2.75) is 0 Å². The zero-order chi connectivity index (χ0) is 7.40. The average molecular weight is 160 g/mol. The fourth-order valence-corrected chi connectivity index (χ4v) is 0.897. The SMILES string of the molecule is COCN1C=CC(Cl)=CC1. The molecule has 0 amide bonds. The van der Waals surface area contributed by atoms with Gasteiger partial charge in [0, 0.05) is 24.9 Å². The van der Waals surface area contributed by atoms with E-state index in [0.717, 1.165) is 11.6 Å². The van der Waals surface area contributed by atoms with Crippen molar-refractivity contribution in [3.63, 3.8) is 0 Å². The van der Waals surface area contributed by atoms with Crippen molar-refractivity contribution in [3.8, 4) is 0 Å². The van der Waals surface area contributed by atoms with Gasteiger partial charge in [0.05, 0.1) is 0 Å². The van der Waals surface area contributed by atoms with Gasteiger partial charge in [0.15, 0.2) is 0 Å². The van der Waals surface area contributed by atoms with E-state index < -0.39 is 0 Å². The smallest absolute Gasteiger partial charge is 0.118 e. The van der Waals surface area contributed by atoms with Crippen LogP contribution in [0.3, 0.4) is 0 Å². The molecule has 0 unspecified atom stereocenters. The van der Waals surface area contributed by atoms with Crippen LogP contribution >= 0.6 is 11.6 Å². The van der Waals surface area contributed by atoms with E-state index in [2.05, 4.69) is 0 Å². The Labute approximate surface area is 65.7 Å². The highest BCUT2D eigenvalue weighted by atomic mass is 35.5. The van der Waals surface area contributed by atoms with Crippen molar-refractivity contribution in [2.75, 3.05) is 20.4 Å². The predicted molar refractivity (Wildman–Crippen MR) is 41.7 cm³/mol. The maximum atomic E-state index is 5.69. The average Bonchev–Trinajstić information content (AvgIpc) is 1.95. The molecule has 1 heterocycles. The van der Waals surface area contributed by atoms with Crippen molar-refractivity contribution in [1.82, 2.24) is 4.90 Å². The van der Waals surface area contributed by atoms with E-state index in [-0.39, 0.29) is 0 Å². The summed E-state index contributed by atoms with van der Waals surface area (Å²) >= 11 is 5.69. The molecule has 0 saturated heterocycles. The van der Waals surface area contributed by atoms with Crippen molar-refractivity contribution in [1.29, 1.82) is 0 Å². The largest absolute Gasteiger partial charge is 0.364 e. The van der Waals surface area contributed by atoms with Crippen LogP contribution in [0.15, 0.2) is 23.4 Å². The monoisotopic (exact) mass is 159 g/mol. The van der Waals surface area contributed by atoms with Crippen molar-refractivity contribution in [3.05, 3.63) is 23.4 Å². The lowest BCUT2D eigenvalue weighted by molar-refractivity contribution is 0.102. The molecule has 0 atom stereocenters. The summed E-state index contributed by atoms with van der Waals surface area (Å²) in [4.78, 5) is 2.02. The maximum Gasteiger partial charge on any atom is 0.118 e. The van der Waals surface area contributed by atoms with Crippen LogP contribution in [0.1, 0.15) is 0 Å². The molecule has 0 aromatic carbocycles. The second-order valence-electron chi connectivity index (χ2n) is 2.09. The number of halogens is 1. The summed E-state index contributed by atoms with van der Waals surface area (Å²) in [6.07, 6.45) is 5.72. The van der Waals surface area contributed by atoms with E-state index in [0.29, 0.717) is 6.73 Å². The molecule has 0 aromatic heterocycles. The first-order valence-electron chi connectivity index (χ1n) is 3.10. The molecule has 0 bridgehead atoms. The molecule has 1 aliphatic rings. The molecule has 0 aromatic rings. The van der Waals surface area contributed by atoms with Crippen molar-refractivity contribution in [2.24, 2.45) is 0 Å². The van der Waals surface area contributed by atoms with Crippen LogP contribution in [0.5, 0.6) is 0 Å². The van der Waals surface area contributed by atoms with Crippen molar-refractivity contribution >= 4 is 11.6 Å². The van der Waals surface area contributed by atoms with Crippen LogP contribution in [0.2, 0.25) is 0 Å². The van der Waals surface area contributed by atoms with E-state index in [1.165, 1.54) is 0 Å². The van der Waals surface area contributed by atoms with Gasteiger partial charge < -0.3 is 9.64 Å². The highest BCUT2D eigenvalue weighted by Gasteiger charge is 2.00. The van der Waals surface area contributed by atoms with Gasteiger partial charge in [0.1, 0.15) is 6.73 Å². The van der Waals surface area contributed by atoms with Gasteiger partial charge in [0.2, 0.25) is 0 Å². The molecule has 1 rings (SSSR count). The number of ether oxygens (including phenoxy) is 1. The van der Waals surface area contributed by atoms with Gasteiger partial charge in [0.25, 0.3) is 0 Å². The highest BCUT2D eigenvalue weighted by Crippen LogP contribution is 2.09. The molecular formula is C7H10ClNO. The molecule has 10 heavy (non-hydrogen) atoms. The first kappa shape index (κ1) is 7.63. The lowest BCUT2D eigenvalue weighted by Gasteiger charge is -2.19. The third-order valence-corrected chi connectivity index (χ3v) is 1.54. The molecule has 2 nitrogen and oxygen atoms in total. The summed E-state index contributed by atoms with van der Waals surface area (Å²) in [6, 6.07) is 0. The topological polar surface area (TPSA) is 12.5 Å². The van der Waals surface area contributed by atoms with Crippen LogP contribution in [-0.4, -0.2) is 25.3 Å². The van der Waals surface area contributed by atoms with Gasteiger partial charge in [-0.25, -0.2) is 0 Å². The van der Waals surface area contributed by atoms with E-state index in [4.69, 9.17) is 16.3 Å². The van der Waals surface area contributed by atoms with Gasteiger partial charge in [-0.1, -0.05) is 11.6 Å². The van der Waals surface area contributed by atoms with Crippen LogP contribution in [0.25, 0.3) is 0 Å². The van der Waals surface area contributed by atoms with Gasteiger partial charge in [-0.05, 0) is 12.2 Å². The lowest BCUT2D eigenvalue weighted by Crippen LogP contribution is -2.21. The minimum atomic E-state index is 0.622. The Morgan fingerprint density at radius 1 is 1.80 bits per heavy atom. The summed E-state index contributed by atoms with van der Waals surface area (Å²) in [5.41, 5.74) is 0. The first-order chi connectivity index (χ1) is 4.83. The minimum Gasteiger partial charge on any atom is -0.364 e. The molecule has 0 spiro atoms. The Morgan fingerprint density at radius 2 is 2.60 bits per heavy atom. The molecule has 1 aliphatic heterocycles. The van der Waals surface area contributed by atoms with Gasteiger partial charge in [-0.15, -0.1) is 0 Å². The molecule has 0 N–H and O–H groups in total. The normalized spacial score (nSPS) is 17.4. The molecule has 3 heteroatoms. The van der Waals surface area contributed by atoms with Crippen LogP contribution in [0.4, 0.5) is 0 Å². The zero-order valence-corrected chi connectivity index (χ0v) is 6.64. The van der Waals surface area contributed by atoms with Crippen LogP contribution in [0, 0.1) is 0 Å². The summed E-state index contributed by atoms with van der Waals surface area (Å²) in [7, 11) is 1.67. The Hall–Kier alpha value is -0.470. The molecule has 56 valence electrons. The number of rotatable bonds is 2. The Bertz CT molecular complexity index is 165. The Morgan fingerprint density at radius 3 is 3.10 bits per heavy atom. The molecule has 0 fully saturated rings. The summed E-state index contributed by atoms with van der Waals surface area (Å²) in [5.74, 6) is 0. The minimum absolute atomic E-state index is 0.622. The summed E-state index contributed by atoms with van der Waals surface area (Å²) < 4.78 is 4.92. The van der Waals surface area contributed by atoms with E-state index in [1.807, 2.05) is 23.3 Å². The Kier molecular flexibility index (Phi) is 2.78. The lowest BCUT2D eigenvalue weighted by atomic mass is 10.4. The predicted octanol–water partition coefficient (Wildman–Crippen LogP) is 1.54. The maximum absolute atomic E-state index is 5.69. The summed E-state index contributed by atoms with van der Waals surface area (Å²) in [6.45, 7) is 1.46. The standard InChI is InChI=1S/C7H10ClNO/c1-10-6-9-4-2-7(8)3-5-9/h2-4H,5-6H2,1H3. The fraction of sp³-hybridized carbons (Fsp3) is 0.429.